The molecule has 1 heterocycles. The topological polar surface area (TPSA) is 63.4 Å². The summed E-state index contributed by atoms with van der Waals surface area (Å²) in [5.74, 6) is -0.143. The number of carbonyl (C=O) groups is 2. The van der Waals surface area contributed by atoms with Crippen LogP contribution >= 0.6 is 11.6 Å². The van der Waals surface area contributed by atoms with E-state index in [4.69, 9.17) is 17.3 Å². The molecule has 0 unspecified atom stereocenters. The third-order valence-electron chi connectivity index (χ3n) is 3.28. The van der Waals surface area contributed by atoms with Crippen molar-refractivity contribution < 1.29 is 9.59 Å². The van der Waals surface area contributed by atoms with Gasteiger partial charge < -0.3 is 10.6 Å². The van der Waals surface area contributed by atoms with Crippen molar-refractivity contribution >= 4 is 23.4 Å². The van der Waals surface area contributed by atoms with Crippen LogP contribution in [0, 0.1) is 11.3 Å². The first-order valence-electron chi connectivity index (χ1n) is 4.69. The lowest BCUT2D eigenvalue weighted by Crippen LogP contribution is -2.65. The quantitative estimate of drug-likeness (QED) is 0.658. The number of nitrogens with zero attached hydrogens (tertiary/aromatic N) is 1. The molecule has 1 aliphatic heterocycles. The maximum Gasteiger partial charge on any atom is 0.237 e. The van der Waals surface area contributed by atoms with Gasteiger partial charge in [-0.1, -0.05) is 0 Å². The Balaban J connectivity index is 1.79. The Labute approximate surface area is 87.4 Å². The molecule has 1 saturated carbocycles. The first-order chi connectivity index (χ1) is 6.56. The number of amides is 2. The lowest BCUT2D eigenvalue weighted by atomic mass is 9.57. The van der Waals surface area contributed by atoms with E-state index in [2.05, 4.69) is 0 Å². The molecule has 2 fully saturated rings. The molecule has 1 saturated heterocycles. The summed E-state index contributed by atoms with van der Waals surface area (Å²) in [7, 11) is 0. The number of alkyl halides is 1. The minimum absolute atomic E-state index is 0.0141. The maximum absolute atomic E-state index is 11.1. The lowest BCUT2D eigenvalue weighted by Gasteiger charge is -2.58. The van der Waals surface area contributed by atoms with E-state index in [1.165, 1.54) is 0 Å². The fraction of sp³-hybridized carbons (Fsp3) is 0.778. The Morgan fingerprint density at radius 1 is 1.43 bits per heavy atom. The van der Waals surface area contributed by atoms with Crippen LogP contribution in [0.1, 0.15) is 12.8 Å². The Bertz CT molecular complexity index is 279. The van der Waals surface area contributed by atoms with Gasteiger partial charge in [0.15, 0.2) is 0 Å². The molecule has 1 aliphatic carbocycles. The number of carbonyl (C=O) groups excluding carboxylic acids is 2. The molecule has 0 aromatic rings. The molecule has 0 aromatic heterocycles. The summed E-state index contributed by atoms with van der Waals surface area (Å²) in [5, 5.41) is 0. The van der Waals surface area contributed by atoms with Crippen LogP contribution in [0.5, 0.6) is 0 Å². The molecule has 0 atom stereocenters. The third-order valence-corrected chi connectivity index (χ3v) is 3.51. The van der Waals surface area contributed by atoms with Gasteiger partial charge in [0, 0.05) is 24.4 Å². The zero-order valence-corrected chi connectivity index (χ0v) is 8.59. The van der Waals surface area contributed by atoms with E-state index in [0.29, 0.717) is 0 Å². The molecule has 2 amide bonds. The van der Waals surface area contributed by atoms with Gasteiger partial charge in [-0.05, 0) is 12.8 Å². The van der Waals surface area contributed by atoms with Crippen LogP contribution in [0.15, 0.2) is 0 Å². The van der Waals surface area contributed by atoms with Crippen molar-refractivity contribution in [3.63, 3.8) is 0 Å². The average molecular weight is 217 g/mol. The Morgan fingerprint density at radius 2 is 2.00 bits per heavy atom. The van der Waals surface area contributed by atoms with E-state index >= 15 is 0 Å². The number of hydrogen-bond donors (Lipinski definition) is 1. The van der Waals surface area contributed by atoms with Crippen LogP contribution in [0.4, 0.5) is 0 Å². The van der Waals surface area contributed by atoms with Crippen molar-refractivity contribution in [2.75, 3.05) is 19.0 Å². The molecule has 1 spiro atoms. The van der Waals surface area contributed by atoms with E-state index in [-0.39, 0.29) is 29.0 Å². The smallest absolute Gasteiger partial charge is 0.237 e. The highest BCUT2D eigenvalue weighted by molar-refractivity contribution is 6.27. The monoisotopic (exact) mass is 216 g/mol. The SMILES string of the molecule is NC(=O)C1CC2(C1)CN(C(=O)CCl)C2. The van der Waals surface area contributed by atoms with E-state index < -0.39 is 0 Å². The summed E-state index contributed by atoms with van der Waals surface area (Å²) in [4.78, 5) is 23.7. The second kappa shape index (κ2) is 3.12. The fourth-order valence-electron chi connectivity index (χ4n) is 2.47. The normalized spacial score (nSPS) is 24.2. The fourth-order valence-corrected chi connectivity index (χ4v) is 2.64. The van der Waals surface area contributed by atoms with Crippen molar-refractivity contribution in [3.8, 4) is 0 Å². The molecule has 2 rings (SSSR count). The van der Waals surface area contributed by atoms with E-state index in [1.54, 1.807) is 4.90 Å². The number of rotatable bonds is 2. The molecule has 0 aromatic carbocycles. The Morgan fingerprint density at radius 3 is 2.43 bits per heavy atom. The predicted octanol–water partition coefficient (Wildman–Crippen LogP) is -0.0509. The zero-order valence-electron chi connectivity index (χ0n) is 7.83. The molecule has 0 radical (unpaired) electrons. The van der Waals surface area contributed by atoms with Crippen molar-refractivity contribution in [1.82, 2.24) is 4.90 Å². The van der Waals surface area contributed by atoms with Gasteiger partial charge in [-0.3, -0.25) is 9.59 Å². The molecular weight excluding hydrogens is 204 g/mol. The summed E-state index contributed by atoms with van der Waals surface area (Å²) in [6, 6.07) is 0. The molecule has 5 heteroatoms. The summed E-state index contributed by atoms with van der Waals surface area (Å²) >= 11 is 5.43. The number of likely N-dealkylation sites (tertiary alicyclic amines) is 1. The van der Waals surface area contributed by atoms with Gasteiger partial charge in [-0.15, -0.1) is 11.6 Å². The van der Waals surface area contributed by atoms with E-state index in [0.717, 1.165) is 25.9 Å². The molecule has 0 bridgehead atoms. The van der Waals surface area contributed by atoms with Crippen molar-refractivity contribution in [3.05, 3.63) is 0 Å². The molecule has 4 nitrogen and oxygen atoms in total. The lowest BCUT2D eigenvalue weighted by molar-refractivity contribution is -0.156. The third kappa shape index (κ3) is 1.38. The van der Waals surface area contributed by atoms with Crippen LogP contribution in [0.3, 0.4) is 0 Å². The molecule has 2 aliphatic rings. The van der Waals surface area contributed by atoms with Crippen LogP contribution in [-0.4, -0.2) is 35.7 Å². The van der Waals surface area contributed by atoms with Crippen molar-refractivity contribution in [2.24, 2.45) is 17.1 Å². The highest BCUT2D eigenvalue weighted by Gasteiger charge is 2.54. The Hall–Kier alpha value is -0.770. The van der Waals surface area contributed by atoms with Crippen LogP contribution in [0.25, 0.3) is 0 Å². The van der Waals surface area contributed by atoms with Gasteiger partial charge in [-0.25, -0.2) is 0 Å². The number of primary amides is 1. The molecular formula is C9H13ClN2O2. The maximum atomic E-state index is 11.1. The van der Waals surface area contributed by atoms with Gasteiger partial charge in [-0.2, -0.15) is 0 Å². The number of nitrogens with two attached hydrogens (primary N) is 1. The predicted molar refractivity (Wildman–Crippen MR) is 51.7 cm³/mol. The highest BCUT2D eigenvalue weighted by atomic mass is 35.5. The second-order valence-electron chi connectivity index (χ2n) is 4.39. The first kappa shape index (κ1) is 9.77. The van der Waals surface area contributed by atoms with E-state index in [9.17, 15) is 9.59 Å². The van der Waals surface area contributed by atoms with Crippen LogP contribution in [0.2, 0.25) is 0 Å². The number of hydrogen-bond acceptors (Lipinski definition) is 2. The van der Waals surface area contributed by atoms with Crippen molar-refractivity contribution in [1.29, 1.82) is 0 Å². The van der Waals surface area contributed by atoms with Gasteiger partial charge in [0.25, 0.3) is 0 Å². The van der Waals surface area contributed by atoms with Gasteiger partial charge in [0.1, 0.15) is 5.88 Å². The zero-order chi connectivity index (χ0) is 10.3. The van der Waals surface area contributed by atoms with E-state index in [1.807, 2.05) is 0 Å². The average Bonchev–Trinajstić information content (AvgIpc) is 1.98. The van der Waals surface area contributed by atoms with Crippen LogP contribution < -0.4 is 5.73 Å². The molecule has 2 N–H and O–H groups in total. The van der Waals surface area contributed by atoms with Crippen molar-refractivity contribution in [2.45, 2.75) is 12.8 Å². The largest absolute Gasteiger partial charge is 0.369 e. The second-order valence-corrected chi connectivity index (χ2v) is 4.66. The minimum Gasteiger partial charge on any atom is -0.369 e. The summed E-state index contributed by atoms with van der Waals surface area (Å²) in [6.07, 6.45) is 1.68. The summed E-state index contributed by atoms with van der Waals surface area (Å²) in [6.45, 7) is 1.50. The molecule has 78 valence electrons. The first-order valence-corrected chi connectivity index (χ1v) is 5.23. The number of halogens is 1. The minimum atomic E-state index is -0.210. The standard InChI is InChI=1S/C9H13ClN2O2/c10-3-7(13)12-4-9(5-12)1-6(2-9)8(11)14/h6H,1-5H2,(H2,11,14). The molecule has 14 heavy (non-hydrogen) atoms. The highest BCUT2D eigenvalue weighted by Crippen LogP contribution is 2.51. The van der Waals surface area contributed by atoms with Gasteiger partial charge in [0.05, 0.1) is 0 Å². The Kier molecular flexibility index (Phi) is 2.18. The summed E-state index contributed by atoms with van der Waals surface area (Å²) in [5.41, 5.74) is 5.37. The van der Waals surface area contributed by atoms with Crippen LogP contribution in [-0.2, 0) is 9.59 Å². The summed E-state index contributed by atoms with van der Waals surface area (Å²) < 4.78 is 0. The van der Waals surface area contributed by atoms with Gasteiger partial charge >= 0.3 is 0 Å². The van der Waals surface area contributed by atoms with Gasteiger partial charge in [0.2, 0.25) is 11.8 Å².